The average Bonchev–Trinajstić information content (AvgIpc) is 2.83. The second-order valence-electron chi connectivity index (χ2n) is 7.00. The van der Waals surface area contributed by atoms with E-state index in [1.165, 1.54) is 16.7 Å². The van der Waals surface area contributed by atoms with Gasteiger partial charge in [-0.25, -0.2) is 4.90 Å². The molecule has 2 aromatic carbocycles. The third-order valence-corrected chi connectivity index (χ3v) is 6.17. The Labute approximate surface area is 169 Å². The maximum absolute atomic E-state index is 13.4. The summed E-state index contributed by atoms with van der Waals surface area (Å²) in [6, 6.07) is 11.2. The summed E-state index contributed by atoms with van der Waals surface area (Å²) in [5, 5.41) is 0.712. The zero-order chi connectivity index (χ0) is 19.9. The van der Waals surface area contributed by atoms with Crippen LogP contribution in [0.1, 0.15) is 36.1 Å². The topological polar surface area (TPSA) is 37.4 Å². The molecule has 2 aromatic rings. The van der Waals surface area contributed by atoms with Gasteiger partial charge in [0.2, 0.25) is 0 Å². The molecule has 0 fully saturated rings. The molecule has 3 nitrogen and oxygen atoms in total. The lowest BCUT2D eigenvalue weighted by atomic mass is 10.0. The van der Waals surface area contributed by atoms with Crippen LogP contribution in [0.5, 0.6) is 0 Å². The molecule has 5 heteroatoms. The molecule has 0 aliphatic carbocycles. The number of halogens is 1. The molecule has 0 atom stereocenters. The first-order valence-corrected chi connectivity index (χ1v) is 10.1. The van der Waals surface area contributed by atoms with Gasteiger partial charge in [0, 0.05) is 10.3 Å². The summed E-state index contributed by atoms with van der Waals surface area (Å²) < 4.78 is 0. The second-order valence-corrected chi connectivity index (χ2v) is 8.99. The summed E-state index contributed by atoms with van der Waals surface area (Å²) in [6.07, 6.45) is 0. The number of hydrogen-bond acceptors (Lipinski definition) is 3. The summed E-state index contributed by atoms with van der Waals surface area (Å²) in [4.78, 5) is 28.4. The van der Waals surface area contributed by atoms with Crippen LogP contribution in [0.2, 0.25) is 5.02 Å². The highest BCUT2D eigenvalue weighted by molar-refractivity contribution is 8.04. The number of carbonyl (C=O) groups is 2. The molecular formula is C22H22ClNO2S. The first kappa shape index (κ1) is 19.7. The van der Waals surface area contributed by atoms with Crippen molar-refractivity contribution in [2.24, 2.45) is 0 Å². The van der Waals surface area contributed by atoms with Crippen LogP contribution in [0.25, 0.3) is 5.57 Å². The average molecular weight is 400 g/mol. The van der Waals surface area contributed by atoms with E-state index in [0.717, 1.165) is 22.3 Å². The number of anilines is 1. The standard InChI is InChI=1S/C22H22ClNO2S/c1-12(2)27-20-19(16-10-9-13(3)14(4)11-16)21(25)24(22(20)26)18-8-6-7-17(23)15(18)5/h6-12H,1-5H3. The lowest BCUT2D eigenvalue weighted by Gasteiger charge is -2.18. The largest absolute Gasteiger partial charge is 0.272 e. The van der Waals surface area contributed by atoms with Gasteiger partial charge in [-0.2, -0.15) is 0 Å². The van der Waals surface area contributed by atoms with Crippen LogP contribution in [0.3, 0.4) is 0 Å². The molecular weight excluding hydrogens is 378 g/mol. The van der Waals surface area contributed by atoms with Gasteiger partial charge in [-0.15, -0.1) is 11.8 Å². The van der Waals surface area contributed by atoms with Crippen LogP contribution >= 0.6 is 23.4 Å². The number of thioether (sulfide) groups is 1. The SMILES string of the molecule is Cc1ccc(C2=C(SC(C)C)C(=O)N(c3cccc(Cl)c3C)C2=O)cc1C. The van der Waals surface area contributed by atoms with E-state index in [0.29, 0.717) is 21.2 Å². The lowest BCUT2D eigenvalue weighted by Crippen LogP contribution is -2.32. The van der Waals surface area contributed by atoms with Crippen molar-refractivity contribution in [3.8, 4) is 0 Å². The molecule has 3 rings (SSSR count). The predicted octanol–water partition coefficient (Wildman–Crippen LogP) is 5.69. The molecule has 1 aliphatic rings. The molecule has 0 unspecified atom stereocenters. The highest BCUT2D eigenvalue weighted by atomic mass is 35.5. The van der Waals surface area contributed by atoms with Gasteiger partial charge in [0.05, 0.1) is 16.2 Å². The highest BCUT2D eigenvalue weighted by Crippen LogP contribution is 2.41. The number of rotatable bonds is 4. The molecule has 2 amide bonds. The van der Waals surface area contributed by atoms with Crippen molar-refractivity contribution in [3.63, 3.8) is 0 Å². The molecule has 0 saturated carbocycles. The van der Waals surface area contributed by atoms with Crippen LogP contribution in [0.4, 0.5) is 5.69 Å². The van der Waals surface area contributed by atoms with E-state index < -0.39 is 0 Å². The summed E-state index contributed by atoms with van der Waals surface area (Å²) in [7, 11) is 0. The quantitative estimate of drug-likeness (QED) is 0.619. The van der Waals surface area contributed by atoms with Gasteiger partial charge in [-0.1, -0.05) is 49.7 Å². The van der Waals surface area contributed by atoms with Gasteiger partial charge in [-0.3, -0.25) is 9.59 Å². The summed E-state index contributed by atoms with van der Waals surface area (Å²) >= 11 is 7.66. The number of hydrogen-bond donors (Lipinski definition) is 0. The number of imide groups is 1. The van der Waals surface area contributed by atoms with E-state index in [2.05, 4.69) is 0 Å². The molecule has 0 N–H and O–H groups in total. The molecule has 0 spiro atoms. The molecule has 27 heavy (non-hydrogen) atoms. The highest BCUT2D eigenvalue weighted by Gasteiger charge is 2.41. The number of nitrogens with zero attached hydrogens (tertiary/aromatic N) is 1. The van der Waals surface area contributed by atoms with E-state index in [9.17, 15) is 9.59 Å². The van der Waals surface area contributed by atoms with Crippen molar-refractivity contribution >= 4 is 46.4 Å². The Morgan fingerprint density at radius 3 is 2.30 bits per heavy atom. The van der Waals surface area contributed by atoms with E-state index in [-0.39, 0.29) is 17.1 Å². The van der Waals surface area contributed by atoms with Crippen LogP contribution in [-0.2, 0) is 9.59 Å². The Kier molecular flexibility index (Phi) is 5.50. The van der Waals surface area contributed by atoms with Crippen LogP contribution < -0.4 is 4.90 Å². The maximum Gasteiger partial charge on any atom is 0.272 e. The van der Waals surface area contributed by atoms with E-state index in [1.54, 1.807) is 18.2 Å². The van der Waals surface area contributed by atoms with Gasteiger partial charge in [0.1, 0.15) is 0 Å². The van der Waals surface area contributed by atoms with E-state index >= 15 is 0 Å². The molecule has 140 valence electrons. The zero-order valence-electron chi connectivity index (χ0n) is 16.1. The van der Waals surface area contributed by atoms with Crippen LogP contribution in [0, 0.1) is 20.8 Å². The summed E-state index contributed by atoms with van der Waals surface area (Å²) in [5.41, 5.74) is 4.75. The third-order valence-electron chi connectivity index (χ3n) is 4.67. The number of benzene rings is 2. The minimum atomic E-state index is -0.295. The minimum Gasteiger partial charge on any atom is -0.268 e. The van der Waals surface area contributed by atoms with Gasteiger partial charge in [0.15, 0.2) is 0 Å². The Morgan fingerprint density at radius 1 is 0.963 bits per heavy atom. The Bertz CT molecular complexity index is 978. The molecule has 1 heterocycles. The van der Waals surface area contributed by atoms with Crippen molar-refractivity contribution in [3.05, 3.63) is 68.6 Å². The van der Waals surface area contributed by atoms with Crippen molar-refractivity contribution in [1.82, 2.24) is 0 Å². The zero-order valence-corrected chi connectivity index (χ0v) is 17.7. The van der Waals surface area contributed by atoms with Crippen molar-refractivity contribution in [2.75, 3.05) is 4.90 Å². The Morgan fingerprint density at radius 2 is 1.67 bits per heavy atom. The first-order valence-electron chi connectivity index (χ1n) is 8.84. The van der Waals surface area contributed by atoms with Gasteiger partial charge in [0.25, 0.3) is 11.8 Å². The predicted molar refractivity (Wildman–Crippen MR) is 114 cm³/mol. The second kappa shape index (κ2) is 7.53. The Balaban J connectivity index is 2.17. The van der Waals surface area contributed by atoms with Gasteiger partial charge in [-0.05, 0) is 55.2 Å². The van der Waals surface area contributed by atoms with Gasteiger partial charge < -0.3 is 0 Å². The fraction of sp³-hybridized carbons (Fsp3) is 0.273. The smallest absolute Gasteiger partial charge is 0.268 e. The summed E-state index contributed by atoms with van der Waals surface area (Å²) in [5.74, 6) is -0.575. The number of carbonyl (C=O) groups excluding carboxylic acids is 2. The first-order chi connectivity index (χ1) is 12.7. The summed E-state index contributed by atoms with van der Waals surface area (Å²) in [6.45, 7) is 9.89. The third kappa shape index (κ3) is 3.56. The number of amides is 2. The van der Waals surface area contributed by atoms with E-state index in [1.807, 2.05) is 52.8 Å². The van der Waals surface area contributed by atoms with Crippen molar-refractivity contribution in [1.29, 1.82) is 0 Å². The van der Waals surface area contributed by atoms with Gasteiger partial charge >= 0.3 is 0 Å². The number of aryl methyl sites for hydroxylation is 2. The molecule has 0 radical (unpaired) electrons. The van der Waals surface area contributed by atoms with E-state index in [4.69, 9.17) is 11.6 Å². The van der Waals surface area contributed by atoms with Crippen LogP contribution in [-0.4, -0.2) is 17.1 Å². The maximum atomic E-state index is 13.4. The monoisotopic (exact) mass is 399 g/mol. The molecule has 0 saturated heterocycles. The van der Waals surface area contributed by atoms with Crippen molar-refractivity contribution < 1.29 is 9.59 Å². The van der Waals surface area contributed by atoms with Crippen LogP contribution in [0.15, 0.2) is 41.3 Å². The normalized spacial score (nSPS) is 14.7. The van der Waals surface area contributed by atoms with Crippen molar-refractivity contribution in [2.45, 2.75) is 39.9 Å². The lowest BCUT2D eigenvalue weighted by molar-refractivity contribution is -0.119. The fourth-order valence-corrected chi connectivity index (χ4v) is 4.22. The minimum absolute atomic E-state index is 0.179. The molecule has 0 aromatic heterocycles. The fourth-order valence-electron chi connectivity index (χ4n) is 3.06. The molecule has 0 bridgehead atoms. The molecule has 1 aliphatic heterocycles. The Hall–Kier alpha value is -2.04.